The maximum atomic E-state index is 12.0. The van der Waals surface area contributed by atoms with E-state index in [-0.39, 0.29) is 6.10 Å². The predicted octanol–water partition coefficient (Wildman–Crippen LogP) is 1.61. The molecule has 0 saturated carbocycles. The first-order valence-corrected chi connectivity index (χ1v) is 8.62. The monoisotopic (exact) mass is 365 g/mol. The van der Waals surface area contributed by atoms with Crippen molar-refractivity contribution in [3.8, 4) is 0 Å². The van der Waals surface area contributed by atoms with Crippen LogP contribution in [0.3, 0.4) is 0 Å². The van der Waals surface area contributed by atoms with E-state index in [0.29, 0.717) is 19.3 Å². The van der Waals surface area contributed by atoms with Crippen LogP contribution in [0.4, 0.5) is 4.79 Å². The maximum Gasteiger partial charge on any atom is 0.426 e. The molecule has 0 aliphatic heterocycles. The normalized spacial score (nSPS) is 14.0. The largest absolute Gasteiger partial charge is 0.480 e. The van der Waals surface area contributed by atoms with E-state index < -0.39 is 30.1 Å². The van der Waals surface area contributed by atoms with Crippen molar-refractivity contribution in [3.63, 3.8) is 0 Å². The topological polar surface area (TPSA) is 117 Å². The minimum Gasteiger partial charge on any atom is -0.480 e. The lowest BCUT2D eigenvalue weighted by molar-refractivity contribution is -0.140. The van der Waals surface area contributed by atoms with Gasteiger partial charge in [-0.3, -0.25) is 20.3 Å². The van der Waals surface area contributed by atoms with Gasteiger partial charge in [0.15, 0.2) is 0 Å². The average Bonchev–Trinajstić information content (AvgIpc) is 2.63. The Morgan fingerprint density at radius 3 is 2.35 bits per heavy atom. The first-order chi connectivity index (χ1) is 12.3. The number of nitrogens with one attached hydrogen (secondary N) is 3. The molecule has 0 bridgehead atoms. The Morgan fingerprint density at radius 1 is 1.12 bits per heavy atom. The van der Waals surface area contributed by atoms with Crippen LogP contribution in [0, 0.1) is 0 Å². The molecule has 0 aromatic heterocycles. The molecule has 2 amide bonds. The van der Waals surface area contributed by atoms with Crippen LogP contribution in [0.15, 0.2) is 30.3 Å². The number of aliphatic carboxylic acids is 1. The summed E-state index contributed by atoms with van der Waals surface area (Å²) in [6, 6.07) is 7.81. The number of aryl methyl sites for hydroxylation is 1. The average molecular weight is 365 g/mol. The summed E-state index contributed by atoms with van der Waals surface area (Å²) >= 11 is 0. The second-order valence-electron chi connectivity index (χ2n) is 6.04. The summed E-state index contributed by atoms with van der Waals surface area (Å²) in [5.41, 5.74) is 5.37. The number of hydrogen-bond acceptors (Lipinski definition) is 5. The predicted molar refractivity (Wildman–Crippen MR) is 96.3 cm³/mol. The van der Waals surface area contributed by atoms with E-state index in [1.165, 1.54) is 6.92 Å². The number of ether oxygens (including phenoxy) is 1. The summed E-state index contributed by atoms with van der Waals surface area (Å²) in [7, 11) is 0. The summed E-state index contributed by atoms with van der Waals surface area (Å²) < 4.78 is 4.96. The van der Waals surface area contributed by atoms with Gasteiger partial charge in [0.25, 0.3) is 5.91 Å². The van der Waals surface area contributed by atoms with Crippen molar-refractivity contribution < 1.29 is 24.2 Å². The molecule has 1 unspecified atom stereocenters. The zero-order valence-corrected chi connectivity index (χ0v) is 15.3. The zero-order valence-electron chi connectivity index (χ0n) is 15.3. The number of carboxylic acids is 1. The number of carboxylic acid groups (broad SMARTS) is 1. The Kier molecular flexibility index (Phi) is 9.14. The van der Waals surface area contributed by atoms with Crippen molar-refractivity contribution in [2.24, 2.45) is 0 Å². The molecular formula is C18H27N3O5. The van der Waals surface area contributed by atoms with Gasteiger partial charge >= 0.3 is 12.1 Å². The Labute approximate surface area is 153 Å². The van der Waals surface area contributed by atoms with Gasteiger partial charge in [-0.15, -0.1) is 0 Å². The highest BCUT2D eigenvalue weighted by atomic mass is 16.6. The van der Waals surface area contributed by atoms with E-state index in [1.807, 2.05) is 37.3 Å². The lowest BCUT2D eigenvalue weighted by atomic mass is 10.0. The molecule has 0 heterocycles. The number of hydrogen-bond donors (Lipinski definition) is 4. The number of hydrazine groups is 1. The van der Waals surface area contributed by atoms with Gasteiger partial charge in [0.2, 0.25) is 0 Å². The number of rotatable bonds is 9. The molecular weight excluding hydrogens is 338 g/mol. The number of carbonyl (C=O) groups is 3. The lowest BCUT2D eigenvalue weighted by Crippen LogP contribution is -2.53. The van der Waals surface area contributed by atoms with Crippen LogP contribution in [0.25, 0.3) is 0 Å². The van der Waals surface area contributed by atoms with Gasteiger partial charge in [-0.05, 0) is 38.7 Å². The van der Waals surface area contributed by atoms with Crippen molar-refractivity contribution >= 4 is 18.0 Å². The summed E-state index contributed by atoms with van der Waals surface area (Å²) in [4.78, 5) is 34.9. The standard InChI is InChI=1S/C18H27N3O5/c1-4-12(2)26-18(25)21-20-16(22)13(3)19-15(17(23)24)11-10-14-8-6-5-7-9-14/h5-9,12-13,15,19H,4,10-11H2,1-3H3,(H,20,22)(H,21,25)(H,23,24)/t12?,13-,15-/m0/s1. The molecule has 0 radical (unpaired) electrons. The summed E-state index contributed by atoms with van der Waals surface area (Å²) in [5, 5.41) is 12.1. The van der Waals surface area contributed by atoms with Crippen molar-refractivity contribution in [1.29, 1.82) is 0 Å². The third kappa shape index (κ3) is 7.98. The molecule has 26 heavy (non-hydrogen) atoms. The maximum absolute atomic E-state index is 12.0. The van der Waals surface area contributed by atoms with Gasteiger partial charge < -0.3 is 9.84 Å². The van der Waals surface area contributed by atoms with Crippen LogP contribution < -0.4 is 16.2 Å². The molecule has 8 heteroatoms. The fourth-order valence-corrected chi connectivity index (χ4v) is 2.13. The van der Waals surface area contributed by atoms with Gasteiger partial charge in [-0.25, -0.2) is 10.2 Å². The van der Waals surface area contributed by atoms with Gasteiger partial charge in [-0.2, -0.15) is 0 Å². The minimum absolute atomic E-state index is 0.267. The number of benzene rings is 1. The Hall–Kier alpha value is -2.61. The highest BCUT2D eigenvalue weighted by Gasteiger charge is 2.23. The van der Waals surface area contributed by atoms with E-state index in [0.717, 1.165) is 5.56 Å². The SMILES string of the molecule is CCC(C)OC(=O)NNC(=O)[C@H](C)N[C@@H](CCc1ccccc1)C(=O)O. The number of carbonyl (C=O) groups excluding carboxylic acids is 2. The van der Waals surface area contributed by atoms with Crippen molar-refractivity contribution in [2.45, 2.75) is 58.2 Å². The molecule has 144 valence electrons. The molecule has 8 nitrogen and oxygen atoms in total. The molecule has 4 N–H and O–H groups in total. The van der Waals surface area contributed by atoms with Crippen LogP contribution >= 0.6 is 0 Å². The highest BCUT2D eigenvalue weighted by Crippen LogP contribution is 2.06. The van der Waals surface area contributed by atoms with E-state index in [9.17, 15) is 19.5 Å². The Balaban J connectivity index is 2.45. The molecule has 0 aliphatic rings. The summed E-state index contributed by atoms with van der Waals surface area (Å²) in [6.07, 6.45) is 0.524. The first kappa shape index (κ1) is 21.4. The second kappa shape index (κ2) is 11.1. The fraction of sp³-hybridized carbons (Fsp3) is 0.500. The second-order valence-corrected chi connectivity index (χ2v) is 6.04. The van der Waals surface area contributed by atoms with Crippen LogP contribution in [-0.4, -0.2) is 41.3 Å². The van der Waals surface area contributed by atoms with Gasteiger partial charge in [0.1, 0.15) is 12.1 Å². The fourth-order valence-electron chi connectivity index (χ4n) is 2.13. The van der Waals surface area contributed by atoms with Crippen LogP contribution in [0.5, 0.6) is 0 Å². The number of amides is 2. The van der Waals surface area contributed by atoms with Gasteiger partial charge in [0, 0.05) is 0 Å². The third-order valence-corrected chi connectivity index (χ3v) is 3.88. The van der Waals surface area contributed by atoms with Gasteiger partial charge in [0.05, 0.1) is 6.04 Å². The molecule has 1 aromatic carbocycles. The highest BCUT2D eigenvalue weighted by molar-refractivity contribution is 5.84. The van der Waals surface area contributed by atoms with E-state index in [2.05, 4.69) is 16.2 Å². The molecule has 3 atom stereocenters. The van der Waals surface area contributed by atoms with Crippen molar-refractivity contribution in [3.05, 3.63) is 35.9 Å². The van der Waals surface area contributed by atoms with E-state index in [1.54, 1.807) is 6.92 Å². The Morgan fingerprint density at radius 2 is 1.77 bits per heavy atom. The van der Waals surface area contributed by atoms with Gasteiger partial charge in [-0.1, -0.05) is 37.3 Å². The minimum atomic E-state index is -1.04. The van der Waals surface area contributed by atoms with E-state index in [4.69, 9.17) is 4.74 Å². The van der Waals surface area contributed by atoms with Crippen LogP contribution in [0.1, 0.15) is 39.2 Å². The first-order valence-electron chi connectivity index (χ1n) is 8.62. The smallest absolute Gasteiger partial charge is 0.426 e. The van der Waals surface area contributed by atoms with Crippen LogP contribution in [0.2, 0.25) is 0 Å². The van der Waals surface area contributed by atoms with E-state index >= 15 is 0 Å². The van der Waals surface area contributed by atoms with Crippen LogP contribution in [-0.2, 0) is 20.7 Å². The van der Waals surface area contributed by atoms with Crippen molar-refractivity contribution in [1.82, 2.24) is 16.2 Å². The molecule has 0 aliphatic carbocycles. The lowest BCUT2D eigenvalue weighted by Gasteiger charge is -2.20. The molecule has 0 fully saturated rings. The quantitative estimate of drug-likeness (QED) is 0.494. The molecule has 0 saturated heterocycles. The van der Waals surface area contributed by atoms with Crippen molar-refractivity contribution in [2.75, 3.05) is 0 Å². The zero-order chi connectivity index (χ0) is 19.5. The molecule has 1 aromatic rings. The molecule has 0 spiro atoms. The third-order valence-electron chi connectivity index (χ3n) is 3.88. The summed E-state index contributed by atoms with van der Waals surface area (Å²) in [6.45, 7) is 5.12. The summed E-state index contributed by atoms with van der Waals surface area (Å²) in [5.74, 6) is -1.60. The Bertz CT molecular complexity index is 594. The molecule has 1 rings (SSSR count).